The average molecular weight is 405 g/mol. The van der Waals surface area contributed by atoms with E-state index in [9.17, 15) is 9.59 Å². The van der Waals surface area contributed by atoms with Crippen molar-refractivity contribution in [2.24, 2.45) is 0 Å². The van der Waals surface area contributed by atoms with Crippen LogP contribution < -0.4 is 15.0 Å². The van der Waals surface area contributed by atoms with Crippen LogP contribution in [0.4, 0.5) is 11.4 Å². The SMILES string of the molecule is COc1cc(Cl)c(C)cc1N1C(=O)C(Cl)=C(Nc2ccc(C)cc2C)C1=O. The molecule has 0 saturated heterocycles. The number of imide groups is 1. The van der Waals surface area contributed by atoms with E-state index in [1.165, 1.54) is 7.11 Å². The summed E-state index contributed by atoms with van der Waals surface area (Å²) in [5.74, 6) is -0.858. The first-order valence-electron chi connectivity index (χ1n) is 8.21. The normalized spacial score (nSPS) is 14.2. The highest BCUT2D eigenvalue weighted by Crippen LogP contribution is 2.38. The summed E-state index contributed by atoms with van der Waals surface area (Å²) in [6.45, 7) is 5.67. The van der Waals surface area contributed by atoms with Gasteiger partial charge in [-0.1, -0.05) is 40.9 Å². The van der Waals surface area contributed by atoms with Crippen LogP contribution in [0.3, 0.4) is 0 Å². The molecule has 2 aromatic rings. The molecule has 0 saturated carbocycles. The van der Waals surface area contributed by atoms with E-state index in [1.807, 2.05) is 32.0 Å². The van der Waals surface area contributed by atoms with E-state index < -0.39 is 11.8 Å². The smallest absolute Gasteiger partial charge is 0.283 e. The number of hydrogen-bond donors (Lipinski definition) is 1. The van der Waals surface area contributed by atoms with Crippen molar-refractivity contribution < 1.29 is 14.3 Å². The fourth-order valence-electron chi connectivity index (χ4n) is 2.90. The Morgan fingerprint density at radius 2 is 1.67 bits per heavy atom. The highest BCUT2D eigenvalue weighted by atomic mass is 35.5. The Kier molecular flexibility index (Phi) is 5.18. The number of nitrogens with zero attached hydrogens (tertiary/aromatic N) is 1. The maximum absolute atomic E-state index is 13.0. The number of benzene rings is 2. The number of rotatable bonds is 4. The summed E-state index contributed by atoms with van der Waals surface area (Å²) in [6.07, 6.45) is 0. The summed E-state index contributed by atoms with van der Waals surface area (Å²) in [5.41, 5.74) is 3.77. The molecule has 2 aromatic carbocycles. The summed E-state index contributed by atoms with van der Waals surface area (Å²) < 4.78 is 5.30. The van der Waals surface area contributed by atoms with Crippen LogP contribution in [0.1, 0.15) is 16.7 Å². The first kappa shape index (κ1) is 19.3. The second-order valence-electron chi connectivity index (χ2n) is 6.35. The van der Waals surface area contributed by atoms with Crippen molar-refractivity contribution in [2.45, 2.75) is 20.8 Å². The topological polar surface area (TPSA) is 58.6 Å². The molecule has 2 amide bonds. The number of halogens is 2. The van der Waals surface area contributed by atoms with E-state index in [0.717, 1.165) is 16.0 Å². The summed E-state index contributed by atoms with van der Waals surface area (Å²) >= 11 is 12.3. The number of methoxy groups -OCH3 is 1. The molecule has 0 radical (unpaired) electrons. The van der Waals surface area contributed by atoms with E-state index in [0.29, 0.717) is 27.7 Å². The van der Waals surface area contributed by atoms with E-state index in [2.05, 4.69) is 5.32 Å². The second kappa shape index (κ2) is 7.25. The van der Waals surface area contributed by atoms with Gasteiger partial charge in [-0.3, -0.25) is 9.59 Å². The van der Waals surface area contributed by atoms with E-state index in [1.54, 1.807) is 19.1 Å². The van der Waals surface area contributed by atoms with Crippen LogP contribution in [-0.4, -0.2) is 18.9 Å². The van der Waals surface area contributed by atoms with Gasteiger partial charge in [0, 0.05) is 16.8 Å². The molecule has 140 valence electrons. The number of ether oxygens (including phenoxy) is 1. The standard InChI is InChI=1S/C20H18Cl2N2O3/c1-10-5-6-14(12(3)7-10)23-18-17(22)19(25)24(20(18)26)15-8-11(2)13(21)9-16(15)27-4/h5-9,23H,1-4H3. The van der Waals surface area contributed by atoms with Gasteiger partial charge in [-0.05, 0) is 44.0 Å². The largest absolute Gasteiger partial charge is 0.494 e. The molecule has 1 N–H and O–H groups in total. The molecular weight excluding hydrogens is 387 g/mol. The highest BCUT2D eigenvalue weighted by Gasteiger charge is 2.40. The molecule has 0 fully saturated rings. The van der Waals surface area contributed by atoms with Gasteiger partial charge in [-0.15, -0.1) is 0 Å². The van der Waals surface area contributed by atoms with Crippen LogP contribution in [-0.2, 0) is 9.59 Å². The third kappa shape index (κ3) is 3.40. The molecule has 1 heterocycles. The lowest BCUT2D eigenvalue weighted by Crippen LogP contribution is -2.32. The molecule has 27 heavy (non-hydrogen) atoms. The van der Waals surface area contributed by atoms with E-state index in [-0.39, 0.29) is 10.7 Å². The number of aryl methyl sites for hydroxylation is 3. The predicted octanol–water partition coefficient (Wildman–Crippen LogP) is 4.71. The van der Waals surface area contributed by atoms with Gasteiger partial charge in [0.2, 0.25) is 0 Å². The maximum atomic E-state index is 13.0. The Balaban J connectivity index is 2.01. The van der Waals surface area contributed by atoms with Gasteiger partial charge in [0.25, 0.3) is 11.8 Å². The third-order valence-corrected chi connectivity index (χ3v) is 5.13. The number of carbonyl (C=O) groups is 2. The molecule has 1 aliphatic rings. The predicted molar refractivity (Wildman–Crippen MR) is 108 cm³/mol. The Morgan fingerprint density at radius 3 is 2.30 bits per heavy atom. The highest BCUT2D eigenvalue weighted by molar-refractivity contribution is 6.53. The summed E-state index contributed by atoms with van der Waals surface area (Å²) in [6, 6.07) is 8.92. The zero-order valence-corrected chi connectivity index (χ0v) is 16.8. The van der Waals surface area contributed by atoms with Gasteiger partial charge >= 0.3 is 0 Å². The van der Waals surface area contributed by atoms with Crippen molar-refractivity contribution in [3.05, 3.63) is 62.8 Å². The monoisotopic (exact) mass is 404 g/mol. The van der Waals surface area contributed by atoms with Gasteiger partial charge in [0.1, 0.15) is 16.5 Å². The Labute approximate surface area is 167 Å². The number of anilines is 2. The molecule has 0 unspecified atom stereocenters. The lowest BCUT2D eigenvalue weighted by atomic mass is 10.1. The molecule has 7 heteroatoms. The lowest BCUT2D eigenvalue weighted by molar-refractivity contribution is -0.120. The van der Waals surface area contributed by atoms with Crippen LogP contribution in [0.5, 0.6) is 5.75 Å². The lowest BCUT2D eigenvalue weighted by Gasteiger charge is -2.19. The minimum Gasteiger partial charge on any atom is -0.494 e. The zero-order valence-electron chi connectivity index (χ0n) is 15.3. The molecule has 3 rings (SSSR count). The van der Waals surface area contributed by atoms with Gasteiger partial charge < -0.3 is 10.1 Å². The van der Waals surface area contributed by atoms with E-state index >= 15 is 0 Å². The number of amides is 2. The first-order valence-corrected chi connectivity index (χ1v) is 8.97. The molecular formula is C20H18Cl2N2O3. The van der Waals surface area contributed by atoms with Crippen molar-refractivity contribution in [1.82, 2.24) is 0 Å². The average Bonchev–Trinajstić information content (AvgIpc) is 2.82. The molecule has 1 aliphatic heterocycles. The van der Waals surface area contributed by atoms with Crippen LogP contribution in [0, 0.1) is 20.8 Å². The molecule has 0 spiro atoms. The van der Waals surface area contributed by atoms with Crippen molar-refractivity contribution >= 4 is 46.4 Å². The summed E-state index contributed by atoms with van der Waals surface area (Å²) in [7, 11) is 1.44. The van der Waals surface area contributed by atoms with Gasteiger partial charge in [0.15, 0.2) is 0 Å². The van der Waals surface area contributed by atoms with Gasteiger partial charge in [-0.25, -0.2) is 4.90 Å². The molecule has 0 aliphatic carbocycles. The van der Waals surface area contributed by atoms with E-state index in [4.69, 9.17) is 27.9 Å². The van der Waals surface area contributed by atoms with Crippen molar-refractivity contribution in [1.29, 1.82) is 0 Å². The molecule has 0 aromatic heterocycles. The van der Waals surface area contributed by atoms with Crippen molar-refractivity contribution in [2.75, 3.05) is 17.3 Å². The summed E-state index contributed by atoms with van der Waals surface area (Å²) in [4.78, 5) is 26.7. The maximum Gasteiger partial charge on any atom is 0.283 e. The third-order valence-electron chi connectivity index (χ3n) is 4.37. The minimum atomic E-state index is -0.617. The minimum absolute atomic E-state index is 0.0308. The fraction of sp³-hybridized carbons (Fsp3) is 0.200. The van der Waals surface area contributed by atoms with Gasteiger partial charge in [0.05, 0.1) is 12.8 Å². The Bertz CT molecular complexity index is 999. The van der Waals surface area contributed by atoms with Crippen LogP contribution >= 0.6 is 23.2 Å². The second-order valence-corrected chi connectivity index (χ2v) is 7.14. The number of carbonyl (C=O) groups excluding carboxylic acids is 2. The molecule has 0 atom stereocenters. The quantitative estimate of drug-likeness (QED) is 0.749. The molecule has 5 nitrogen and oxygen atoms in total. The first-order chi connectivity index (χ1) is 12.7. The van der Waals surface area contributed by atoms with Crippen molar-refractivity contribution in [3.63, 3.8) is 0 Å². The fourth-order valence-corrected chi connectivity index (χ4v) is 3.27. The van der Waals surface area contributed by atoms with Crippen molar-refractivity contribution in [3.8, 4) is 5.75 Å². The number of hydrogen-bond acceptors (Lipinski definition) is 4. The summed E-state index contributed by atoms with van der Waals surface area (Å²) in [5, 5.41) is 3.30. The van der Waals surface area contributed by atoms with Crippen LogP contribution in [0.2, 0.25) is 5.02 Å². The number of nitrogens with one attached hydrogen (secondary N) is 1. The Hall–Kier alpha value is -2.50. The van der Waals surface area contributed by atoms with Crippen LogP contribution in [0.25, 0.3) is 0 Å². The van der Waals surface area contributed by atoms with Crippen LogP contribution in [0.15, 0.2) is 41.1 Å². The zero-order chi connectivity index (χ0) is 19.9. The Morgan fingerprint density at radius 1 is 0.963 bits per heavy atom. The van der Waals surface area contributed by atoms with Gasteiger partial charge in [-0.2, -0.15) is 0 Å². The molecule has 0 bridgehead atoms.